The van der Waals surface area contributed by atoms with Crippen LogP contribution >= 0.6 is 0 Å². The molecule has 0 atom stereocenters. The lowest BCUT2D eigenvalue weighted by Gasteiger charge is -2.48. The molecule has 1 spiro atoms. The molecule has 1 aromatic rings. The van der Waals surface area contributed by atoms with E-state index in [1.165, 1.54) is 56.4 Å². The van der Waals surface area contributed by atoms with E-state index in [9.17, 15) is 4.39 Å². The van der Waals surface area contributed by atoms with Crippen molar-refractivity contribution in [1.82, 2.24) is 4.90 Å². The van der Waals surface area contributed by atoms with E-state index in [-0.39, 0.29) is 5.60 Å². The lowest BCUT2D eigenvalue weighted by Crippen LogP contribution is -2.53. The standard InChI is InChI=1S/C22H31FN2O/c23-18-7-12-24(13-8-18)20-4-5-21-17(16-20)6-9-22(26-21)10-14-25(15-11-22)19-2-1-3-19/h4-5,16,18-19H,1-3,6-15H2. The van der Waals surface area contributed by atoms with Crippen LogP contribution < -0.4 is 9.64 Å². The molecule has 3 fully saturated rings. The molecule has 3 heterocycles. The molecule has 0 radical (unpaired) electrons. The minimum Gasteiger partial charge on any atom is -0.487 e. The zero-order valence-corrected chi connectivity index (χ0v) is 15.8. The number of alkyl halides is 1. The minimum atomic E-state index is -0.613. The summed E-state index contributed by atoms with van der Waals surface area (Å²) >= 11 is 0. The number of nitrogens with zero attached hydrogens (tertiary/aromatic N) is 2. The quantitative estimate of drug-likeness (QED) is 0.782. The first-order chi connectivity index (χ1) is 12.7. The molecule has 3 nitrogen and oxygen atoms in total. The van der Waals surface area contributed by atoms with Crippen molar-refractivity contribution >= 4 is 5.69 Å². The van der Waals surface area contributed by atoms with Crippen molar-refractivity contribution in [1.29, 1.82) is 0 Å². The van der Waals surface area contributed by atoms with Gasteiger partial charge in [0.05, 0.1) is 0 Å². The molecule has 4 aliphatic rings. The van der Waals surface area contributed by atoms with Crippen LogP contribution in [0.25, 0.3) is 0 Å². The summed E-state index contributed by atoms with van der Waals surface area (Å²) in [5, 5.41) is 0. The predicted molar refractivity (Wildman–Crippen MR) is 103 cm³/mol. The number of rotatable bonds is 2. The highest BCUT2D eigenvalue weighted by atomic mass is 19.1. The summed E-state index contributed by atoms with van der Waals surface area (Å²) in [6, 6.07) is 7.51. The lowest BCUT2D eigenvalue weighted by atomic mass is 9.81. The van der Waals surface area contributed by atoms with Crippen molar-refractivity contribution in [3.8, 4) is 5.75 Å². The van der Waals surface area contributed by atoms with E-state index >= 15 is 0 Å². The van der Waals surface area contributed by atoms with E-state index in [4.69, 9.17) is 4.74 Å². The van der Waals surface area contributed by atoms with Gasteiger partial charge in [-0.05, 0) is 75.1 Å². The Kier molecular flexibility index (Phi) is 4.35. The summed E-state index contributed by atoms with van der Waals surface area (Å²) in [6.45, 7) is 4.08. The third-order valence-corrected chi connectivity index (χ3v) is 7.31. The summed E-state index contributed by atoms with van der Waals surface area (Å²) in [5.41, 5.74) is 2.66. The van der Waals surface area contributed by atoms with Crippen molar-refractivity contribution in [3.05, 3.63) is 23.8 Å². The van der Waals surface area contributed by atoms with E-state index in [2.05, 4.69) is 28.0 Å². The Morgan fingerprint density at radius 1 is 0.962 bits per heavy atom. The van der Waals surface area contributed by atoms with Crippen LogP contribution in [0, 0.1) is 0 Å². The number of hydrogen-bond donors (Lipinski definition) is 0. The fraction of sp³-hybridized carbons (Fsp3) is 0.727. The third-order valence-electron chi connectivity index (χ3n) is 7.31. The van der Waals surface area contributed by atoms with Gasteiger partial charge in [0.2, 0.25) is 0 Å². The Bertz CT molecular complexity index is 644. The van der Waals surface area contributed by atoms with Gasteiger partial charge in [0.15, 0.2) is 0 Å². The van der Waals surface area contributed by atoms with Crippen LogP contribution in [0.4, 0.5) is 10.1 Å². The fourth-order valence-corrected chi connectivity index (χ4v) is 5.21. The first-order valence-electron chi connectivity index (χ1n) is 10.7. The molecule has 0 unspecified atom stereocenters. The molecule has 2 saturated heterocycles. The Balaban J connectivity index is 1.25. The molecule has 4 heteroatoms. The number of ether oxygens (including phenoxy) is 1. The van der Waals surface area contributed by atoms with Crippen LogP contribution in [0.3, 0.4) is 0 Å². The molecule has 1 saturated carbocycles. The second-order valence-electron chi connectivity index (χ2n) is 8.86. The van der Waals surface area contributed by atoms with Gasteiger partial charge < -0.3 is 14.5 Å². The molecule has 1 aliphatic carbocycles. The Hall–Kier alpha value is -1.29. The van der Waals surface area contributed by atoms with Gasteiger partial charge in [-0.25, -0.2) is 4.39 Å². The fourth-order valence-electron chi connectivity index (χ4n) is 5.21. The van der Waals surface area contributed by atoms with E-state index in [0.717, 1.165) is 37.7 Å². The molecular weight excluding hydrogens is 327 g/mol. The smallest absolute Gasteiger partial charge is 0.123 e. The van der Waals surface area contributed by atoms with E-state index < -0.39 is 6.17 Å². The normalized spacial score (nSPS) is 27.0. The van der Waals surface area contributed by atoms with Gasteiger partial charge in [-0.2, -0.15) is 0 Å². The van der Waals surface area contributed by atoms with Crippen LogP contribution in [0.5, 0.6) is 5.75 Å². The van der Waals surface area contributed by atoms with Gasteiger partial charge in [0, 0.05) is 37.9 Å². The largest absolute Gasteiger partial charge is 0.487 e. The summed E-state index contributed by atoms with van der Waals surface area (Å²) in [7, 11) is 0. The van der Waals surface area contributed by atoms with Gasteiger partial charge in [0.25, 0.3) is 0 Å². The number of piperidine rings is 2. The lowest BCUT2D eigenvalue weighted by molar-refractivity contribution is -0.0336. The zero-order valence-electron chi connectivity index (χ0n) is 15.8. The highest BCUT2D eigenvalue weighted by Crippen LogP contribution is 2.42. The second-order valence-corrected chi connectivity index (χ2v) is 8.86. The Morgan fingerprint density at radius 3 is 2.42 bits per heavy atom. The van der Waals surface area contributed by atoms with Gasteiger partial charge in [-0.1, -0.05) is 6.42 Å². The molecule has 1 aromatic carbocycles. The molecule has 142 valence electrons. The summed E-state index contributed by atoms with van der Waals surface area (Å²) in [6.07, 6.45) is 9.55. The number of likely N-dealkylation sites (tertiary alicyclic amines) is 1. The average Bonchev–Trinajstić information content (AvgIpc) is 2.63. The SMILES string of the molecule is FC1CCN(c2ccc3c(c2)CCC2(CCN(C4CCC4)CC2)O3)CC1. The maximum absolute atomic E-state index is 13.4. The van der Waals surface area contributed by atoms with Crippen molar-refractivity contribution in [2.45, 2.75) is 75.6 Å². The summed E-state index contributed by atoms with van der Waals surface area (Å²) in [5.74, 6) is 1.09. The van der Waals surface area contributed by atoms with Crippen molar-refractivity contribution in [2.24, 2.45) is 0 Å². The van der Waals surface area contributed by atoms with E-state index in [1.54, 1.807) is 0 Å². The summed E-state index contributed by atoms with van der Waals surface area (Å²) in [4.78, 5) is 5.03. The van der Waals surface area contributed by atoms with Gasteiger partial charge in [0.1, 0.15) is 17.5 Å². The topological polar surface area (TPSA) is 15.7 Å². The first-order valence-corrected chi connectivity index (χ1v) is 10.7. The van der Waals surface area contributed by atoms with Crippen molar-refractivity contribution in [3.63, 3.8) is 0 Å². The maximum Gasteiger partial charge on any atom is 0.123 e. The van der Waals surface area contributed by atoms with E-state index in [1.807, 2.05) is 0 Å². The van der Waals surface area contributed by atoms with Crippen LogP contribution in [0.2, 0.25) is 0 Å². The number of aryl methyl sites for hydroxylation is 1. The summed E-state index contributed by atoms with van der Waals surface area (Å²) < 4.78 is 20.0. The van der Waals surface area contributed by atoms with Crippen LogP contribution in [0.15, 0.2) is 18.2 Å². The molecule has 0 bridgehead atoms. The van der Waals surface area contributed by atoms with Gasteiger partial charge in [-0.15, -0.1) is 0 Å². The Labute approximate surface area is 156 Å². The molecule has 26 heavy (non-hydrogen) atoms. The highest BCUT2D eigenvalue weighted by Gasteiger charge is 2.41. The van der Waals surface area contributed by atoms with Gasteiger partial charge in [-0.3, -0.25) is 0 Å². The van der Waals surface area contributed by atoms with Crippen molar-refractivity contribution < 1.29 is 9.13 Å². The van der Waals surface area contributed by atoms with Crippen molar-refractivity contribution in [2.75, 3.05) is 31.1 Å². The molecule has 3 aliphatic heterocycles. The van der Waals surface area contributed by atoms with Gasteiger partial charge >= 0.3 is 0 Å². The minimum absolute atomic E-state index is 0.0708. The molecule has 0 amide bonds. The molecular formula is C22H31FN2O. The Morgan fingerprint density at radius 2 is 1.73 bits per heavy atom. The maximum atomic E-state index is 13.4. The number of anilines is 1. The molecule has 0 aromatic heterocycles. The highest BCUT2D eigenvalue weighted by molar-refractivity contribution is 5.54. The van der Waals surface area contributed by atoms with E-state index in [0.29, 0.717) is 12.8 Å². The monoisotopic (exact) mass is 358 g/mol. The first kappa shape index (κ1) is 16.9. The molecule has 5 rings (SSSR count). The third kappa shape index (κ3) is 3.11. The predicted octanol–water partition coefficient (Wildman–Crippen LogP) is 4.34. The number of benzene rings is 1. The van der Waals surface area contributed by atoms with Crippen LogP contribution in [-0.4, -0.2) is 48.9 Å². The number of halogens is 1. The molecule has 0 N–H and O–H groups in total. The van der Waals surface area contributed by atoms with Crippen LogP contribution in [0.1, 0.15) is 56.9 Å². The van der Waals surface area contributed by atoms with Crippen LogP contribution in [-0.2, 0) is 6.42 Å². The zero-order chi connectivity index (χ0) is 17.6. The number of hydrogen-bond acceptors (Lipinski definition) is 3. The second kappa shape index (κ2) is 6.70. The number of fused-ring (bicyclic) bond motifs is 1. The average molecular weight is 359 g/mol.